The first-order valence-corrected chi connectivity index (χ1v) is 11.6. The SMILES string of the molecule is CCn1c2ccccc2c2cc(/C=N\NC(=O)C(NC(=O)c3ccc(C)cc3)C(C)C)ccc21. The van der Waals surface area contributed by atoms with Crippen LogP contribution in [0, 0.1) is 12.8 Å². The van der Waals surface area contributed by atoms with Crippen molar-refractivity contribution in [1.82, 2.24) is 15.3 Å². The first-order valence-electron chi connectivity index (χ1n) is 11.6. The van der Waals surface area contributed by atoms with Crippen LogP contribution < -0.4 is 10.7 Å². The van der Waals surface area contributed by atoms with E-state index in [4.69, 9.17) is 0 Å². The molecule has 0 fully saturated rings. The molecule has 1 atom stereocenters. The summed E-state index contributed by atoms with van der Waals surface area (Å²) in [5, 5.41) is 9.34. The molecule has 3 aromatic carbocycles. The molecule has 0 bridgehead atoms. The largest absolute Gasteiger partial charge is 0.341 e. The fraction of sp³-hybridized carbons (Fsp3) is 0.250. The summed E-state index contributed by atoms with van der Waals surface area (Å²) >= 11 is 0. The first kappa shape index (κ1) is 23.2. The molecular formula is C28H30N4O2. The van der Waals surface area contributed by atoms with Crippen LogP contribution in [0.25, 0.3) is 21.8 Å². The molecule has 1 aromatic heterocycles. The van der Waals surface area contributed by atoms with Gasteiger partial charge in [0, 0.05) is 33.9 Å². The van der Waals surface area contributed by atoms with Crippen LogP contribution in [0.15, 0.2) is 71.8 Å². The Morgan fingerprint density at radius 3 is 2.38 bits per heavy atom. The van der Waals surface area contributed by atoms with Crippen molar-refractivity contribution in [3.05, 3.63) is 83.4 Å². The lowest BCUT2D eigenvalue weighted by atomic mass is 10.0. The molecule has 0 saturated carbocycles. The van der Waals surface area contributed by atoms with Gasteiger partial charge >= 0.3 is 0 Å². The number of nitrogens with zero attached hydrogens (tertiary/aromatic N) is 2. The van der Waals surface area contributed by atoms with E-state index in [1.807, 2.05) is 51.1 Å². The van der Waals surface area contributed by atoms with Crippen molar-refractivity contribution in [2.24, 2.45) is 11.0 Å². The molecule has 0 radical (unpaired) electrons. The lowest BCUT2D eigenvalue weighted by Gasteiger charge is -2.20. The number of aryl methyl sites for hydroxylation is 2. The Balaban J connectivity index is 1.49. The van der Waals surface area contributed by atoms with Gasteiger partial charge in [-0.3, -0.25) is 9.59 Å². The summed E-state index contributed by atoms with van der Waals surface area (Å²) < 4.78 is 2.29. The molecule has 1 heterocycles. The van der Waals surface area contributed by atoms with Crippen LogP contribution in [-0.4, -0.2) is 28.6 Å². The van der Waals surface area contributed by atoms with Gasteiger partial charge in [-0.25, -0.2) is 5.43 Å². The van der Waals surface area contributed by atoms with Crippen LogP contribution in [0.4, 0.5) is 0 Å². The third-order valence-corrected chi connectivity index (χ3v) is 6.05. The smallest absolute Gasteiger partial charge is 0.262 e. The van der Waals surface area contributed by atoms with Gasteiger partial charge in [-0.05, 0) is 55.7 Å². The molecule has 1 unspecified atom stereocenters. The number of para-hydroxylation sites is 1. The number of fused-ring (bicyclic) bond motifs is 3. The Morgan fingerprint density at radius 2 is 1.68 bits per heavy atom. The highest BCUT2D eigenvalue weighted by Crippen LogP contribution is 2.29. The van der Waals surface area contributed by atoms with Crippen molar-refractivity contribution in [2.75, 3.05) is 0 Å². The summed E-state index contributed by atoms with van der Waals surface area (Å²) in [6.07, 6.45) is 1.63. The maximum absolute atomic E-state index is 12.8. The fourth-order valence-corrected chi connectivity index (χ4v) is 4.20. The molecule has 4 aromatic rings. The van der Waals surface area contributed by atoms with Crippen LogP contribution in [0.3, 0.4) is 0 Å². The number of amides is 2. The molecule has 0 saturated heterocycles. The number of hydrogen-bond donors (Lipinski definition) is 2. The van der Waals surface area contributed by atoms with Crippen LogP contribution in [0.5, 0.6) is 0 Å². The van der Waals surface area contributed by atoms with Crippen molar-refractivity contribution < 1.29 is 9.59 Å². The van der Waals surface area contributed by atoms with Gasteiger partial charge in [0.15, 0.2) is 0 Å². The normalized spacial score (nSPS) is 12.5. The summed E-state index contributed by atoms with van der Waals surface area (Å²) in [5.74, 6) is -0.730. The monoisotopic (exact) mass is 454 g/mol. The average molecular weight is 455 g/mol. The molecule has 34 heavy (non-hydrogen) atoms. The number of carbonyl (C=O) groups excluding carboxylic acids is 2. The van der Waals surface area contributed by atoms with E-state index in [-0.39, 0.29) is 17.7 Å². The van der Waals surface area contributed by atoms with Gasteiger partial charge in [0.1, 0.15) is 6.04 Å². The predicted octanol–water partition coefficient (Wildman–Crippen LogP) is 5.03. The minimum Gasteiger partial charge on any atom is -0.341 e. The number of hydrogen-bond acceptors (Lipinski definition) is 3. The third kappa shape index (κ3) is 4.71. The van der Waals surface area contributed by atoms with Crippen LogP contribution in [0.2, 0.25) is 0 Å². The lowest BCUT2D eigenvalue weighted by molar-refractivity contribution is -0.123. The minimum absolute atomic E-state index is 0.0962. The summed E-state index contributed by atoms with van der Waals surface area (Å²) in [7, 11) is 0. The van der Waals surface area contributed by atoms with Gasteiger partial charge in [-0.2, -0.15) is 5.10 Å². The maximum Gasteiger partial charge on any atom is 0.262 e. The Bertz CT molecular complexity index is 1370. The van der Waals surface area contributed by atoms with Crippen LogP contribution in [0.1, 0.15) is 42.3 Å². The second-order valence-electron chi connectivity index (χ2n) is 8.83. The van der Waals surface area contributed by atoms with Gasteiger partial charge in [0.05, 0.1) is 6.21 Å². The second kappa shape index (κ2) is 9.91. The van der Waals surface area contributed by atoms with E-state index in [9.17, 15) is 9.59 Å². The van der Waals surface area contributed by atoms with Crippen molar-refractivity contribution in [2.45, 2.75) is 40.3 Å². The van der Waals surface area contributed by atoms with Gasteiger partial charge in [0.2, 0.25) is 0 Å². The predicted molar refractivity (Wildman–Crippen MR) is 138 cm³/mol. The molecule has 2 amide bonds. The van der Waals surface area contributed by atoms with E-state index in [2.05, 4.69) is 51.6 Å². The third-order valence-electron chi connectivity index (χ3n) is 6.05. The fourth-order valence-electron chi connectivity index (χ4n) is 4.20. The molecule has 4 rings (SSSR count). The number of rotatable bonds is 7. The van der Waals surface area contributed by atoms with E-state index >= 15 is 0 Å². The number of benzene rings is 3. The highest BCUT2D eigenvalue weighted by Gasteiger charge is 2.24. The van der Waals surface area contributed by atoms with Crippen molar-refractivity contribution in [3.63, 3.8) is 0 Å². The quantitative estimate of drug-likeness (QED) is 0.304. The zero-order valence-corrected chi connectivity index (χ0v) is 20.0. The Kier molecular flexibility index (Phi) is 6.77. The topological polar surface area (TPSA) is 75.5 Å². The average Bonchev–Trinajstić information content (AvgIpc) is 3.15. The van der Waals surface area contributed by atoms with Gasteiger partial charge in [0.25, 0.3) is 11.8 Å². The van der Waals surface area contributed by atoms with Crippen molar-refractivity contribution in [1.29, 1.82) is 0 Å². The molecule has 0 aliphatic rings. The molecule has 0 spiro atoms. The lowest BCUT2D eigenvalue weighted by Crippen LogP contribution is -2.48. The number of hydrazone groups is 1. The summed E-state index contributed by atoms with van der Waals surface area (Å²) in [4.78, 5) is 25.4. The van der Waals surface area contributed by atoms with E-state index in [1.165, 1.54) is 16.4 Å². The molecular weight excluding hydrogens is 424 g/mol. The Labute approximate surface area is 199 Å². The Hall–Kier alpha value is -3.93. The van der Waals surface area contributed by atoms with E-state index in [1.54, 1.807) is 18.3 Å². The standard InChI is InChI=1S/C28H30N4O2/c1-5-32-24-9-7-6-8-22(24)23-16-20(12-15-25(23)32)17-29-31-28(34)26(18(2)3)30-27(33)21-13-10-19(4)11-14-21/h6-18,26H,5H2,1-4H3,(H,30,33)(H,31,34)/b29-17-. The number of carbonyl (C=O) groups is 2. The first-order chi connectivity index (χ1) is 16.4. The summed E-state index contributed by atoms with van der Waals surface area (Å²) in [6.45, 7) is 8.77. The van der Waals surface area contributed by atoms with Crippen LogP contribution in [-0.2, 0) is 11.3 Å². The summed E-state index contributed by atoms with van der Waals surface area (Å²) in [5.41, 5.74) is 7.44. The zero-order valence-electron chi connectivity index (χ0n) is 20.0. The maximum atomic E-state index is 12.8. The van der Waals surface area contributed by atoms with Crippen molar-refractivity contribution >= 4 is 39.8 Å². The van der Waals surface area contributed by atoms with Gasteiger partial charge < -0.3 is 9.88 Å². The molecule has 0 aliphatic heterocycles. The molecule has 2 N–H and O–H groups in total. The van der Waals surface area contributed by atoms with Gasteiger partial charge in [-0.15, -0.1) is 0 Å². The van der Waals surface area contributed by atoms with E-state index in [0.29, 0.717) is 5.56 Å². The van der Waals surface area contributed by atoms with Crippen LogP contribution >= 0.6 is 0 Å². The highest BCUT2D eigenvalue weighted by molar-refractivity contribution is 6.09. The highest BCUT2D eigenvalue weighted by atomic mass is 16.2. The number of nitrogens with one attached hydrogen (secondary N) is 2. The molecule has 6 heteroatoms. The minimum atomic E-state index is -0.698. The second-order valence-corrected chi connectivity index (χ2v) is 8.83. The Morgan fingerprint density at radius 1 is 0.971 bits per heavy atom. The molecule has 174 valence electrons. The summed E-state index contributed by atoms with van der Waals surface area (Å²) in [6, 6.07) is 21.1. The molecule has 0 aliphatic carbocycles. The zero-order chi connectivity index (χ0) is 24.2. The molecule has 6 nitrogen and oxygen atoms in total. The van der Waals surface area contributed by atoms with E-state index in [0.717, 1.165) is 23.1 Å². The van der Waals surface area contributed by atoms with E-state index < -0.39 is 6.04 Å². The van der Waals surface area contributed by atoms with Gasteiger partial charge in [-0.1, -0.05) is 55.8 Å². The van der Waals surface area contributed by atoms with Crippen molar-refractivity contribution in [3.8, 4) is 0 Å². The number of aromatic nitrogens is 1.